The number of hydrogen-bond acceptors (Lipinski definition) is 11. The van der Waals surface area contributed by atoms with E-state index in [0.29, 0.717) is 19.3 Å². The maximum Gasteiger partial charge on any atom is 0.472 e. The first-order chi connectivity index (χ1) is 28.7. The standard InChI is InChI=1S/C44H78O14P2/c1-3-4-5-6-7-8-9-10-12-16-19-22-25-28-31-34-43(47)54-38-42(39-57-60(52,53)56-37-41(46)36-55-59(49,50)51)58-44(48)35-32-29-26-23-20-17-14-11-13-15-18-21-24-27-30-33-40(2)45/h10,12-15,17,21,23-24,26,40-42,45-46H,3-9,11,16,18-20,22,25,27-39H2,1-2H3,(H,52,53)(H2,49,50,51)/b12-10-,15-13-,17-14-,24-21-,26-23-/t40-,41-,42+/m0/s1. The van der Waals surface area contributed by atoms with Crippen LogP contribution in [0.4, 0.5) is 0 Å². The van der Waals surface area contributed by atoms with Crippen LogP contribution in [-0.4, -0.2) is 81.6 Å². The highest BCUT2D eigenvalue weighted by Crippen LogP contribution is 2.43. The lowest BCUT2D eigenvalue weighted by atomic mass is 10.1. The second-order valence-corrected chi connectivity index (χ2v) is 17.6. The van der Waals surface area contributed by atoms with Crippen molar-refractivity contribution in [1.82, 2.24) is 0 Å². The molecule has 0 aliphatic heterocycles. The molecule has 0 fully saturated rings. The fourth-order valence-electron chi connectivity index (χ4n) is 5.53. The van der Waals surface area contributed by atoms with Gasteiger partial charge < -0.3 is 34.4 Å². The van der Waals surface area contributed by atoms with Gasteiger partial charge in [-0.3, -0.25) is 23.2 Å². The molecule has 4 atom stereocenters. The number of carbonyl (C=O) groups excluding carboxylic acids is 2. The van der Waals surface area contributed by atoms with Gasteiger partial charge in [0.25, 0.3) is 0 Å². The lowest BCUT2D eigenvalue weighted by Crippen LogP contribution is -2.29. The first kappa shape index (κ1) is 57.8. The molecule has 5 N–H and O–H groups in total. The van der Waals surface area contributed by atoms with Crippen molar-refractivity contribution < 1.29 is 66.7 Å². The quantitative estimate of drug-likeness (QED) is 0.0167. The Balaban J connectivity index is 4.63. The van der Waals surface area contributed by atoms with Crippen molar-refractivity contribution in [3.63, 3.8) is 0 Å². The van der Waals surface area contributed by atoms with Gasteiger partial charge in [0.05, 0.1) is 25.9 Å². The number of rotatable bonds is 41. The molecule has 1 unspecified atom stereocenters. The van der Waals surface area contributed by atoms with Gasteiger partial charge in [-0.05, 0) is 90.4 Å². The second kappa shape index (κ2) is 39.6. The van der Waals surface area contributed by atoms with Crippen molar-refractivity contribution in [3.8, 4) is 0 Å². The van der Waals surface area contributed by atoms with Gasteiger partial charge in [0.1, 0.15) is 12.7 Å². The number of allylic oxidation sites excluding steroid dienone is 10. The maximum atomic E-state index is 12.6. The lowest BCUT2D eigenvalue weighted by molar-refractivity contribution is -0.161. The molecule has 0 aromatic rings. The van der Waals surface area contributed by atoms with Crippen LogP contribution in [0.2, 0.25) is 0 Å². The van der Waals surface area contributed by atoms with Gasteiger partial charge in [0, 0.05) is 12.8 Å². The predicted octanol–water partition coefficient (Wildman–Crippen LogP) is 10.2. The van der Waals surface area contributed by atoms with E-state index in [-0.39, 0.29) is 18.9 Å². The summed E-state index contributed by atoms with van der Waals surface area (Å²) in [5.41, 5.74) is 0. The zero-order chi connectivity index (χ0) is 44.6. The van der Waals surface area contributed by atoms with E-state index in [9.17, 15) is 33.8 Å². The van der Waals surface area contributed by atoms with Crippen LogP contribution >= 0.6 is 15.6 Å². The fourth-order valence-corrected chi connectivity index (χ4v) is 6.69. The van der Waals surface area contributed by atoms with Crippen LogP contribution in [-0.2, 0) is 41.8 Å². The summed E-state index contributed by atoms with van der Waals surface area (Å²) in [7, 11) is -9.71. The molecule has 14 nitrogen and oxygen atoms in total. The number of phosphoric ester groups is 2. The molecular formula is C44H78O14P2. The van der Waals surface area contributed by atoms with Crippen LogP contribution in [0.5, 0.6) is 0 Å². The summed E-state index contributed by atoms with van der Waals surface area (Å²) in [6.07, 6.45) is 39.2. The number of phosphoric acid groups is 2. The summed E-state index contributed by atoms with van der Waals surface area (Å²) in [4.78, 5) is 52.7. The third kappa shape index (κ3) is 43.9. The van der Waals surface area contributed by atoms with E-state index < -0.39 is 66.2 Å². The Labute approximate surface area is 360 Å². The second-order valence-electron chi connectivity index (χ2n) is 14.9. The molecule has 0 aliphatic rings. The Hall–Kier alpha value is -2.22. The molecule has 0 radical (unpaired) electrons. The van der Waals surface area contributed by atoms with E-state index in [1.165, 1.54) is 38.5 Å². The first-order valence-electron chi connectivity index (χ1n) is 22.0. The maximum absolute atomic E-state index is 12.6. The number of carbonyl (C=O) groups is 2. The molecule has 0 rings (SSSR count). The van der Waals surface area contributed by atoms with E-state index in [4.69, 9.17) is 23.8 Å². The topological polar surface area (TPSA) is 216 Å². The average molecular weight is 893 g/mol. The number of unbranched alkanes of at least 4 members (excludes halogenated alkanes) is 13. The van der Waals surface area contributed by atoms with E-state index in [1.807, 2.05) is 12.2 Å². The number of esters is 2. The molecule has 0 amide bonds. The van der Waals surface area contributed by atoms with Crippen molar-refractivity contribution in [2.45, 2.75) is 180 Å². The summed E-state index contributed by atoms with van der Waals surface area (Å²) in [6.45, 7) is 1.22. The van der Waals surface area contributed by atoms with Gasteiger partial charge in [-0.25, -0.2) is 9.13 Å². The van der Waals surface area contributed by atoms with E-state index in [1.54, 1.807) is 6.92 Å². The SMILES string of the molecule is CCCCCCCC/C=C\CCCCCCCC(=O)OC[C@H](COP(=O)(O)OC[C@@H](O)COP(=O)(O)O)OC(=O)CCC/C=C\C/C=C\C/C=C\C/C=C\CCC[C@H](C)O. The molecule has 0 aromatic carbocycles. The van der Waals surface area contributed by atoms with E-state index in [0.717, 1.165) is 77.0 Å². The molecule has 60 heavy (non-hydrogen) atoms. The largest absolute Gasteiger partial charge is 0.472 e. The molecule has 0 saturated heterocycles. The molecular weight excluding hydrogens is 814 g/mol. The Bertz CT molecular complexity index is 1310. The lowest BCUT2D eigenvalue weighted by Gasteiger charge is -2.20. The smallest absolute Gasteiger partial charge is 0.462 e. The monoisotopic (exact) mass is 892 g/mol. The minimum atomic E-state index is -4.87. The third-order valence-corrected chi connectivity index (χ3v) is 10.3. The Morgan fingerprint density at radius 3 is 1.55 bits per heavy atom. The Morgan fingerprint density at radius 1 is 0.533 bits per heavy atom. The van der Waals surface area contributed by atoms with Crippen molar-refractivity contribution in [1.29, 1.82) is 0 Å². The summed E-state index contributed by atoms with van der Waals surface area (Å²) < 4.78 is 47.7. The van der Waals surface area contributed by atoms with Crippen LogP contribution in [0.1, 0.15) is 162 Å². The average Bonchev–Trinajstić information content (AvgIpc) is 3.19. The summed E-state index contributed by atoms with van der Waals surface area (Å²) >= 11 is 0. The van der Waals surface area contributed by atoms with Crippen LogP contribution in [0.25, 0.3) is 0 Å². The van der Waals surface area contributed by atoms with Gasteiger partial charge in [0.15, 0.2) is 6.10 Å². The van der Waals surface area contributed by atoms with Gasteiger partial charge >= 0.3 is 27.6 Å². The van der Waals surface area contributed by atoms with Crippen LogP contribution in [0.15, 0.2) is 60.8 Å². The fraction of sp³-hybridized carbons (Fsp3) is 0.727. The molecule has 0 aliphatic carbocycles. The number of hydrogen-bond donors (Lipinski definition) is 5. The van der Waals surface area contributed by atoms with Gasteiger partial charge in [-0.15, -0.1) is 0 Å². The van der Waals surface area contributed by atoms with Crippen LogP contribution in [0.3, 0.4) is 0 Å². The molecule has 0 bridgehead atoms. The highest BCUT2D eigenvalue weighted by Gasteiger charge is 2.28. The molecule has 0 aromatic heterocycles. The number of ether oxygens (including phenoxy) is 2. The van der Waals surface area contributed by atoms with Crippen molar-refractivity contribution in [3.05, 3.63) is 60.8 Å². The van der Waals surface area contributed by atoms with Crippen molar-refractivity contribution >= 4 is 27.6 Å². The van der Waals surface area contributed by atoms with E-state index in [2.05, 4.69) is 64.6 Å². The molecule has 0 saturated carbocycles. The number of aliphatic hydroxyl groups is 2. The molecule has 0 spiro atoms. The Kier molecular flexibility index (Phi) is 38.1. The van der Waals surface area contributed by atoms with Gasteiger partial charge in [-0.2, -0.15) is 0 Å². The highest BCUT2D eigenvalue weighted by molar-refractivity contribution is 7.47. The minimum absolute atomic E-state index is 0.0401. The van der Waals surface area contributed by atoms with Gasteiger partial charge in [-0.1, -0.05) is 119 Å². The summed E-state index contributed by atoms with van der Waals surface area (Å²) in [5.74, 6) is -1.13. The third-order valence-electron chi connectivity index (χ3n) is 8.89. The van der Waals surface area contributed by atoms with E-state index >= 15 is 0 Å². The highest BCUT2D eigenvalue weighted by atomic mass is 31.2. The first-order valence-corrected chi connectivity index (χ1v) is 25.0. The van der Waals surface area contributed by atoms with Crippen LogP contribution in [0, 0.1) is 0 Å². The summed E-state index contributed by atoms with van der Waals surface area (Å²) in [5, 5.41) is 19.0. The zero-order valence-electron chi connectivity index (χ0n) is 36.4. The minimum Gasteiger partial charge on any atom is -0.462 e. The molecule has 348 valence electrons. The molecule has 0 heterocycles. The predicted molar refractivity (Wildman–Crippen MR) is 236 cm³/mol. The summed E-state index contributed by atoms with van der Waals surface area (Å²) in [6, 6.07) is 0. The Morgan fingerprint density at radius 2 is 0.983 bits per heavy atom. The molecule has 16 heteroatoms. The normalized spacial score (nSPS) is 15.1. The number of aliphatic hydroxyl groups excluding tert-OH is 2. The zero-order valence-corrected chi connectivity index (χ0v) is 38.2. The van der Waals surface area contributed by atoms with Crippen molar-refractivity contribution in [2.24, 2.45) is 0 Å². The van der Waals surface area contributed by atoms with Crippen LogP contribution < -0.4 is 0 Å². The van der Waals surface area contributed by atoms with Gasteiger partial charge in [0.2, 0.25) is 0 Å². The van der Waals surface area contributed by atoms with Crippen molar-refractivity contribution in [2.75, 3.05) is 26.4 Å².